The van der Waals surface area contributed by atoms with Gasteiger partial charge in [-0.05, 0) is 52.3 Å². The van der Waals surface area contributed by atoms with Gasteiger partial charge in [0.1, 0.15) is 5.82 Å². The molecular weight excluding hydrogens is 444 g/mol. The van der Waals surface area contributed by atoms with Crippen LogP contribution in [0.2, 0.25) is 0 Å². The van der Waals surface area contributed by atoms with Crippen LogP contribution in [0.1, 0.15) is 64.5 Å². The molecule has 1 saturated heterocycles. The number of amides is 1. The van der Waals surface area contributed by atoms with Crippen LogP contribution in [0, 0.1) is 17.8 Å². The van der Waals surface area contributed by atoms with Gasteiger partial charge in [0.05, 0.1) is 12.6 Å². The molecule has 1 aromatic heterocycles. The van der Waals surface area contributed by atoms with E-state index in [2.05, 4.69) is 54.7 Å². The largest absolute Gasteiger partial charge is 0.373 e. The number of carbonyl (C=O) groups is 1. The first kappa shape index (κ1) is 26.6. The maximum Gasteiger partial charge on any atom is 0.351 e. The second-order valence-corrected chi connectivity index (χ2v) is 9.53. The molecule has 0 saturated carbocycles. The summed E-state index contributed by atoms with van der Waals surface area (Å²) >= 11 is 0. The zero-order chi connectivity index (χ0) is 25.8. The Hall–Kier alpha value is -2.99. The predicted molar refractivity (Wildman–Crippen MR) is 136 cm³/mol. The van der Waals surface area contributed by atoms with E-state index in [1.54, 1.807) is 24.3 Å². The van der Waals surface area contributed by atoms with E-state index in [1.165, 1.54) is 16.8 Å². The van der Waals surface area contributed by atoms with Crippen LogP contribution in [0.15, 0.2) is 47.4 Å². The number of hydrogen-bond acceptors (Lipinski definition) is 6. The van der Waals surface area contributed by atoms with E-state index in [4.69, 9.17) is 4.74 Å². The van der Waals surface area contributed by atoms with Crippen molar-refractivity contribution in [3.63, 3.8) is 0 Å². The van der Waals surface area contributed by atoms with Crippen LogP contribution in [-0.2, 0) is 4.74 Å². The summed E-state index contributed by atoms with van der Waals surface area (Å²) in [6.45, 7) is 12.8. The fourth-order valence-electron chi connectivity index (χ4n) is 4.47. The highest BCUT2D eigenvalue weighted by Crippen LogP contribution is 2.42. The molecule has 3 rings (SSSR count). The van der Waals surface area contributed by atoms with Gasteiger partial charge in [-0.1, -0.05) is 43.9 Å². The number of rotatable bonds is 7. The Labute approximate surface area is 207 Å². The standard InChI is InChI=1S/C27H36N4O4/c1-7-22-20(6)27(34,15-11-16-30(18(2)3)19(4)5)25(35-22)31-17-14-23(29-26(31)33)28-24(32)21-12-9-8-10-13-21/h8-10,12-14,17-20,22,25,34H,7,16H2,1-6H3,(H,28,29,32,33)/t20-,22+,25+,27?/m0/s1. The molecule has 2 N–H and O–H groups in total. The van der Waals surface area contributed by atoms with Crippen LogP contribution in [0.4, 0.5) is 5.82 Å². The summed E-state index contributed by atoms with van der Waals surface area (Å²) in [5, 5.41) is 14.3. The first-order valence-electron chi connectivity index (χ1n) is 12.2. The second-order valence-electron chi connectivity index (χ2n) is 9.53. The monoisotopic (exact) mass is 480 g/mol. The zero-order valence-electron chi connectivity index (χ0n) is 21.4. The van der Waals surface area contributed by atoms with Crippen LogP contribution in [0.3, 0.4) is 0 Å². The molecule has 1 amide bonds. The molecule has 4 atom stereocenters. The summed E-state index contributed by atoms with van der Waals surface area (Å²) in [5.74, 6) is 5.61. The Kier molecular flexibility index (Phi) is 8.49. The lowest BCUT2D eigenvalue weighted by Crippen LogP contribution is -2.44. The van der Waals surface area contributed by atoms with E-state index in [-0.39, 0.29) is 23.7 Å². The van der Waals surface area contributed by atoms with Crippen LogP contribution in [-0.4, -0.2) is 55.8 Å². The number of carbonyl (C=O) groups excluding carboxylic acids is 1. The molecule has 2 heterocycles. The minimum absolute atomic E-state index is 0.123. The highest BCUT2D eigenvalue weighted by molar-refractivity contribution is 6.03. The van der Waals surface area contributed by atoms with E-state index < -0.39 is 17.5 Å². The fraction of sp³-hybridized carbons (Fsp3) is 0.519. The molecule has 0 bridgehead atoms. The third-order valence-electron chi connectivity index (χ3n) is 6.57. The van der Waals surface area contributed by atoms with Gasteiger partial charge in [-0.2, -0.15) is 4.98 Å². The molecule has 8 nitrogen and oxygen atoms in total. The summed E-state index contributed by atoms with van der Waals surface area (Å²) in [7, 11) is 0. The van der Waals surface area contributed by atoms with Gasteiger partial charge in [0.25, 0.3) is 5.91 Å². The molecule has 2 aromatic rings. The number of nitrogens with one attached hydrogen (secondary N) is 1. The van der Waals surface area contributed by atoms with E-state index in [1.807, 2.05) is 19.9 Å². The lowest BCUT2D eigenvalue weighted by Gasteiger charge is -2.29. The third-order valence-corrected chi connectivity index (χ3v) is 6.57. The SMILES string of the molecule is CC[C@H]1O[C@@H](n2ccc(NC(=O)c3ccccc3)nc2=O)C(O)(C#CCN(C(C)C)C(C)C)[C@H]1C. The van der Waals surface area contributed by atoms with Gasteiger partial charge in [0.2, 0.25) is 0 Å². The Bertz CT molecular complexity index is 1130. The van der Waals surface area contributed by atoms with Crippen molar-refractivity contribution >= 4 is 11.7 Å². The Balaban J connectivity index is 1.88. The molecular formula is C27H36N4O4. The van der Waals surface area contributed by atoms with Gasteiger partial charge < -0.3 is 15.2 Å². The smallest absolute Gasteiger partial charge is 0.351 e. The maximum absolute atomic E-state index is 12.9. The normalized spacial score (nSPS) is 24.0. The van der Waals surface area contributed by atoms with Crippen molar-refractivity contribution in [2.24, 2.45) is 5.92 Å². The van der Waals surface area contributed by atoms with Crippen LogP contribution < -0.4 is 11.0 Å². The lowest BCUT2D eigenvalue weighted by molar-refractivity contribution is -0.0676. The molecule has 1 fully saturated rings. The molecule has 188 valence electrons. The Morgan fingerprint density at radius 3 is 2.46 bits per heavy atom. The van der Waals surface area contributed by atoms with Crippen molar-refractivity contribution in [2.75, 3.05) is 11.9 Å². The molecule has 1 unspecified atom stereocenters. The number of ether oxygens (including phenoxy) is 1. The lowest BCUT2D eigenvalue weighted by atomic mass is 9.85. The van der Waals surface area contributed by atoms with Crippen molar-refractivity contribution < 1.29 is 14.6 Å². The fourth-order valence-corrected chi connectivity index (χ4v) is 4.47. The van der Waals surface area contributed by atoms with Crippen molar-refractivity contribution in [1.82, 2.24) is 14.5 Å². The summed E-state index contributed by atoms with van der Waals surface area (Å²) in [5.41, 5.74) is -1.75. The summed E-state index contributed by atoms with van der Waals surface area (Å²) < 4.78 is 7.37. The zero-order valence-corrected chi connectivity index (χ0v) is 21.4. The Morgan fingerprint density at radius 1 is 1.23 bits per heavy atom. The van der Waals surface area contributed by atoms with Gasteiger partial charge in [-0.3, -0.25) is 14.3 Å². The number of anilines is 1. The molecule has 8 heteroatoms. The first-order valence-corrected chi connectivity index (χ1v) is 12.2. The molecule has 35 heavy (non-hydrogen) atoms. The van der Waals surface area contributed by atoms with Gasteiger partial charge in [0, 0.05) is 29.8 Å². The minimum Gasteiger partial charge on any atom is -0.373 e. The van der Waals surface area contributed by atoms with Gasteiger partial charge in [-0.15, -0.1) is 0 Å². The Morgan fingerprint density at radius 2 is 1.89 bits per heavy atom. The number of hydrogen-bond donors (Lipinski definition) is 2. The molecule has 1 aliphatic heterocycles. The van der Waals surface area contributed by atoms with E-state index in [0.717, 1.165) is 0 Å². The van der Waals surface area contributed by atoms with E-state index in [9.17, 15) is 14.7 Å². The van der Waals surface area contributed by atoms with Crippen molar-refractivity contribution in [2.45, 2.75) is 78.0 Å². The van der Waals surface area contributed by atoms with E-state index in [0.29, 0.717) is 30.6 Å². The van der Waals surface area contributed by atoms with Crippen molar-refractivity contribution in [3.05, 3.63) is 58.6 Å². The topological polar surface area (TPSA) is 96.7 Å². The van der Waals surface area contributed by atoms with Crippen LogP contribution >= 0.6 is 0 Å². The molecule has 0 spiro atoms. The highest BCUT2D eigenvalue weighted by Gasteiger charge is 2.53. The van der Waals surface area contributed by atoms with Crippen LogP contribution in [0.25, 0.3) is 0 Å². The van der Waals surface area contributed by atoms with E-state index >= 15 is 0 Å². The molecule has 0 radical (unpaired) electrons. The number of aliphatic hydroxyl groups is 1. The molecule has 1 aliphatic rings. The van der Waals surface area contributed by atoms with Crippen molar-refractivity contribution in [3.8, 4) is 11.8 Å². The predicted octanol–water partition coefficient (Wildman–Crippen LogP) is 3.29. The maximum atomic E-state index is 12.9. The second kappa shape index (κ2) is 11.2. The van der Waals surface area contributed by atoms with Gasteiger partial charge in [0.15, 0.2) is 11.8 Å². The van der Waals surface area contributed by atoms with Gasteiger partial charge >= 0.3 is 5.69 Å². The number of nitrogens with zero attached hydrogens (tertiary/aromatic N) is 3. The first-order chi connectivity index (χ1) is 16.6. The molecule has 0 aliphatic carbocycles. The summed E-state index contributed by atoms with van der Waals surface area (Å²) in [4.78, 5) is 31.6. The van der Waals surface area contributed by atoms with Crippen LogP contribution in [0.5, 0.6) is 0 Å². The van der Waals surface area contributed by atoms with Crippen molar-refractivity contribution in [1.29, 1.82) is 0 Å². The summed E-state index contributed by atoms with van der Waals surface area (Å²) in [6.07, 6.45) is 0.862. The third kappa shape index (κ3) is 5.81. The average molecular weight is 481 g/mol. The average Bonchev–Trinajstić information content (AvgIpc) is 3.07. The molecule has 1 aromatic carbocycles. The number of aromatic nitrogens is 2. The highest BCUT2D eigenvalue weighted by atomic mass is 16.5. The van der Waals surface area contributed by atoms with Gasteiger partial charge in [-0.25, -0.2) is 4.79 Å². The minimum atomic E-state index is -1.57. The quantitative estimate of drug-likeness (QED) is 0.591. The summed E-state index contributed by atoms with van der Waals surface area (Å²) in [6, 6.07) is 10.8. The number of benzene rings is 1.